The Kier molecular flexibility index (Phi) is 4.03. The highest BCUT2D eigenvalue weighted by Crippen LogP contribution is 2.08. The molecule has 0 radical (unpaired) electrons. The SMILES string of the molecule is O=C(COC(=O)c1ccccc1F)c1ccccc1. The molecule has 2 aromatic carbocycles. The van der Waals surface area contributed by atoms with E-state index in [4.69, 9.17) is 4.74 Å². The fourth-order valence-electron chi connectivity index (χ4n) is 1.54. The normalized spacial score (nSPS) is 9.95. The van der Waals surface area contributed by atoms with Crippen molar-refractivity contribution in [2.45, 2.75) is 0 Å². The number of benzene rings is 2. The standard InChI is InChI=1S/C15H11FO3/c16-13-9-5-4-8-12(13)15(18)19-10-14(17)11-6-2-1-3-7-11/h1-9H,10H2. The highest BCUT2D eigenvalue weighted by Gasteiger charge is 2.14. The third-order valence-corrected chi connectivity index (χ3v) is 2.52. The molecule has 96 valence electrons. The summed E-state index contributed by atoms with van der Waals surface area (Å²) in [5.74, 6) is -1.84. The number of rotatable bonds is 4. The number of esters is 1. The summed E-state index contributed by atoms with van der Waals surface area (Å²) in [5.41, 5.74) is 0.271. The molecular formula is C15H11FO3. The summed E-state index contributed by atoms with van der Waals surface area (Å²) < 4.78 is 18.1. The van der Waals surface area contributed by atoms with Crippen LogP contribution in [0.15, 0.2) is 54.6 Å². The lowest BCUT2D eigenvalue weighted by Crippen LogP contribution is -2.15. The molecule has 0 amide bonds. The minimum Gasteiger partial charge on any atom is -0.454 e. The molecule has 2 aromatic rings. The second kappa shape index (κ2) is 5.91. The maximum absolute atomic E-state index is 13.3. The highest BCUT2D eigenvalue weighted by molar-refractivity contribution is 5.99. The summed E-state index contributed by atoms with van der Waals surface area (Å²) in [7, 11) is 0. The van der Waals surface area contributed by atoms with E-state index in [0.29, 0.717) is 5.56 Å². The molecule has 19 heavy (non-hydrogen) atoms. The Balaban J connectivity index is 1.98. The van der Waals surface area contributed by atoms with E-state index >= 15 is 0 Å². The molecule has 0 fully saturated rings. The van der Waals surface area contributed by atoms with Gasteiger partial charge < -0.3 is 4.74 Å². The van der Waals surface area contributed by atoms with Crippen LogP contribution in [-0.4, -0.2) is 18.4 Å². The highest BCUT2D eigenvalue weighted by atomic mass is 19.1. The van der Waals surface area contributed by atoms with Crippen LogP contribution in [0.3, 0.4) is 0 Å². The number of ether oxygens (including phenoxy) is 1. The number of hydrogen-bond acceptors (Lipinski definition) is 3. The number of ketones is 1. The second-order valence-corrected chi connectivity index (χ2v) is 3.85. The molecule has 0 aliphatic rings. The molecule has 0 N–H and O–H groups in total. The van der Waals surface area contributed by atoms with Crippen LogP contribution in [0.5, 0.6) is 0 Å². The summed E-state index contributed by atoms with van der Waals surface area (Å²) in [6.45, 7) is -0.406. The Bertz CT molecular complexity index is 593. The van der Waals surface area contributed by atoms with Crippen LogP contribution >= 0.6 is 0 Å². The molecule has 0 aliphatic heterocycles. The van der Waals surface area contributed by atoms with Gasteiger partial charge in [0.1, 0.15) is 5.82 Å². The minimum absolute atomic E-state index is 0.177. The van der Waals surface area contributed by atoms with E-state index in [0.717, 1.165) is 6.07 Å². The van der Waals surface area contributed by atoms with Crippen molar-refractivity contribution in [2.24, 2.45) is 0 Å². The molecule has 0 aliphatic carbocycles. The van der Waals surface area contributed by atoms with E-state index in [1.807, 2.05) is 0 Å². The molecule has 0 bridgehead atoms. The smallest absolute Gasteiger partial charge is 0.341 e. The number of halogens is 1. The summed E-state index contributed by atoms with van der Waals surface area (Å²) >= 11 is 0. The van der Waals surface area contributed by atoms with Crippen LogP contribution in [0.25, 0.3) is 0 Å². The third-order valence-electron chi connectivity index (χ3n) is 2.52. The second-order valence-electron chi connectivity index (χ2n) is 3.85. The Morgan fingerprint density at radius 2 is 1.58 bits per heavy atom. The van der Waals surface area contributed by atoms with Crippen molar-refractivity contribution >= 4 is 11.8 Å². The third kappa shape index (κ3) is 3.25. The van der Waals surface area contributed by atoms with Crippen LogP contribution in [0.1, 0.15) is 20.7 Å². The molecule has 0 saturated carbocycles. The maximum Gasteiger partial charge on any atom is 0.341 e. The van der Waals surface area contributed by atoms with E-state index in [-0.39, 0.29) is 11.3 Å². The number of Topliss-reactive ketones (excluding diaryl/α,β-unsaturated/α-hetero) is 1. The topological polar surface area (TPSA) is 43.4 Å². The van der Waals surface area contributed by atoms with Gasteiger partial charge in [0.05, 0.1) is 5.56 Å². The van der Waals surface area contributed by atoms with Crippen molar-refractivity contribution in [3.63, 3.8) is 0 Å². The quantitative estimate of drug-likeness (QED) is 0.625. The average Bonchev–Trinajstić information content (AvgIpc) is 2.46. The van der Waals surface area contributed by atoms with E-state index in [1.54, 1.807) is 30.3 Å². The van der Waals surface area contributed by atoms with Gasteiger partial charge in [-0.1, -0.05) is 42.5 Å². The van der Waals surface area contributed by atoms with Gasteiger partial charge in [-0.15, -0.1) is 0 Å². The van der Waals surface area contributed by atoms with Gasteiger partial charge in [0.15, 0.2) is 12.4 Å². The van der Waals surface area contributed by atoms with Gasteiger partial charge in [-0.3, -0.25) is 4.79 Å². The Morgan fingerprint density at radius 3 is 2.26 bits per heavy atom. The molecule has 0 spiro atoms. The van der Waals surface area contributed by atoms with E-state index in [9.17, 15) is 14.0 Å². The Hall–Kier alpha value is -2.49. The number of carbonyl (C=O) groups is 2. The fourth-order valence-corrected chi connectivity index (χ4v) is 1.54. The van der Waals surface area contributed by atoms with Gasteiger partial charge in [-0.05, 0) is 12.1 Å². The first kappa shape index (κ1) is 13.0. The molecule has 0 unspecified atom stereocenters. The first-order valence-corrected chi connectivity index (χ1v) is 5.68. The molecule has 0 aromatic heterocycles. The van der Waals surface area contributed by atoms with Crippen LogP contribution in [0, 0.1) is 5.82 Å². The average molecular weight is 258 g/mol. The van der Waals surface area contributed by atoms with Gasteiger partial charge in [0.25, 0.3) is 0 Å². The van der Waals surface area contributed by atoms with Gasteiger partial charge in [0.2, 0.25) is 0 Å². The van der Waals surface area contributed by atoms with Crippen molar-refractivity contribution in [1.82, 2.24) is 0 Å². The van der Waals surface area contributed by atoms with Crippen LogP contribution in [0.4, 0.5) is 4.39 Å². The minimum atomic E-state index is -0.845. The largest absolute Gasteiger partial charge is 0.454 e. The first-order chi connectivity index (χ1) is 9.18. The Morgan fingerprint density at radius 1 is 0.947 bits per heavy atom. The van der Waals surface area contributed by atoms with Crippen LogP contribution in [0.2, 0.25) is 0 Å². The number of carbonyl (C=O) groups excluding carboxylic acids is 2. The lowest BCUT2D eigenvalue weighted by molar-refractivity contribution is 0.0470. The molecule has 0 saturated heterocycles. The van der Waals surface area contributed by atoms with Crippen molar-refractivity contribution in [3.8, 4) is 0 Å². The van der Waals surface area contributed by atoms with Gasteiger partial charge in [0, 0.05) is 5.56 Å². The van der Waals surface area contributed by atoms with Gasteiger partial charge >= 0.3 is 5.97 Å². The van der Waals surface area contributed by atoms with Gasteiger partial charge in [-0.25, -0.2) is 9.18 Å². The fraction of sp³-hybridized carbons (Fsp3) is 0.0667. The summed E-state index contributed by atoms with van der Waals surface area (Å²) in [4.78, 5) is 23.3. The van der Waals surface area contributed by atoms with E-state index < -0.39 is 18.4 Å². The molecular weight excluding hydrogens is 247 g/mol. The molecule has 2 rings (SSSR count). The molecule has 0 atom stereocenters. The molecule has 0 heterocycles. The zero-order chi connectivity index (χ0) is 13.7. The first-order valence-electron chi connectivity index (χ1n) is 5.68. The molecule has 3 nitrogen and oxygen atoms in total. The van der Waals surface area contributed by atoms with Crippen molar-refractivity contribution in [3.05, 3.63) is 71.5 Å². The molecule has 4 heteroatoms. The lowest BCUT2D eigenvalue weighted by atomic mass is 10.1. The van der Waals surface area contributed by atoms with Crippen molar-refractivity contribution < 1.29 is 18.7 Å². The van der Waals surface area contributed by atoms with Crippen molar-refractivity contribution in [2.75, 3.05) is 6.61 Å². The zero-order valence-electron chi connectivity index (χ0n) is 10.0. The van der Waals surface area contributed by atoms with E-state index in [1.165, 1.54) is 18.2 Å². The number of hydrogen-bond donors (Lipinski definition) is 0. The summed E-state index contributed by atoms with van der Waals surface area (Å²) in [6, 6.07) is 13.9. The zero-order valence-corrected chi connectivity index (χ0v) is 10.0. The monoisotopic (exact) mass is 258 g/mol. The summed E-state index contributed by atoms with van der Waals surface area (Å²) in [5, 5.41) is 0. The predicted octanol–water partition coefficient (Wildman–Crippen LogP) is 2.87. The summed E-state index contributed by atoms with van der Waals surface area (Å²) in [6.07, 6.45) is 0. The van der Waals surface area contributed by atoms with Crippen LogP contribution in [-0.2, 0) is 4.74 Å². The van der Waals surface area contributed by atoms with E-state index in [2.05, 4.69) is 0 Å². The maximum atomic E-state index is 13.3. The van der Waals surface area contributed by atoms with Crippen molar-refractivity contribution in [1.29, 1.82) is 0 Å². The van der Waals surface area contributed by atoms with Crippen LogP contribution < -0.4 is 0 Å². The predicted molar refractivity (Wildman–Crippen MR) is 67.5 cm³/mol. The van der Waals surface area contributed by atoms with Gasteiger partial charge in [-0.2, -0.15) is 0 Å². The Labute approximate surface area is 109 Å². The lowest BCUT2D eigenvalue weighted by Gasteiger charge is -2.05.